The second-order valence-corrected chi connectivity index (χ2v) is 22.2. The van der Waals surface area contributed by atoms with Crippen molar-refractivity contribution >= 4 is 11.9 Å². The molecule has 0 aromatic carbocycles. The van der Waals surface area contributed by atoms with Crippen LogP contribution < -0.4 is 0 Å². The van der Waals surface area contributed by atoms with Crippen LogP contribution in [0.15, 0.2) is 122 Å². The van der Waals surface area contributed by atoms with Gasteiger partial charge in [-0.3, -0.25) is 9.59 Å². The van der Waals surface area contributed by atoms with Crippen LogP contribution in [0.25, 0.3) is 0 Å². The lowest BCUT2D eigenvalue weighted by Crippen LogP contribution is -2.28. The summed E-state index contributed by atoms with van der Waals surface area (Å²) in [5.41, 5.74) is 0. The molecule has 0 amide bonds. The molecule has 452 valence electrons. The molecule has 0 fully saturated rings. The second kappa shape index (κ2) is 68.6. The molecule has 0 radical (unpaired) electrons. The minimum Gasteiger partial charge on any atom is -0.462 e. The van der Waals surface area contributed by atoms with Crippen molar-refractivity contribution in [3.05, 3.63) is 122 Å². The molecule has 1 unspecified atom stereocenters. The molecular weight excluding hydrogens is 969 g/mol. The highest BCUT2D eigenvalue weighted by atomic mass is 16.6. The first-order valence-corrected chi connectivity index (χ1v) is 33.6. The molecule has 0 bridgehead atoms. The fourth-order valence-electron chi connectivity index (χ4n) is 9.53. The van der Waals surface area contributed by atoms with Gasteiger partial charge in [0.2, 0.25) is 0 Å². The number of hydrogen-bond donors (Lipinski definition) is 1. The zero-order valence-corrected chi connectivity index (χ0v) is 51.9. The van der Waals surface area contributed by atoms with Crippen molar-refractivity contribution in [2.75, 3.05) is 13.2 Å². The number of esters is 2. The minimum absolute atomic E-state index is 0.0800. The molecule has 0 aromatic rings. The van der Waals surface area contributed by atoms with Crippen molar-refractivity contribution in [1.29, 1.82) is 0 Å². The maximum atomic E-state index is 12.3. The lowest BCUT2D eigenvalue weighted by molar-refractivity contribution is -0.161. The summed E-state index contributed by atoms with van der Waals surface area (Å²) in [6.07, 6.45) is 101. The van der Waals surface area contributed by atoms with E-state index in [2.05, 4.69) is 135 Å². The van der Waals surface area contributed by atoms with Gasteiger partial charge in [-0.05, 0) is 89.9 Å². The average Bonchev–Trinajstić information content (AvgIpc) is 3.45. The predicted octanol–water partition coefficient (Wildman–Crippen LogP) is 23.4. The quantitative estimate of drug-likeness (QED) is 0.0373. The summed E-state index contributed by atoms with van der Waals surface area (Å²) in [5.74, 6) is -0.615. The van der Waals surface area contributed by atoms with E-state index in [0.717, 1.165) is 116 Å². The van der Waals surface area contributed by atoms with Gasteiger partial charge in [0.05, 0.1) is 6.61 Å². The number of aliphatic hydroxyl groups is 1. The van der Waals surface area contributed by atoms with Crippen molar-refractivity contribution in [3.63, 3.8) is 0 Å². The van der Waals surface area contributed by atoms with Crippen LogP contribution in [0.2, 0.25) is 0 Å². The topological polar surface area (TPSA) is 72.8 Å². The molecule has 0 aliphatic heterocycles. The molecule has 0 rings (SSSR count). The first-order chi connectivity index (χ1) is 39.1. The number of unbranched alkanes of at least 4 members (excludes halogenated alkanes) is 33. The van der Waals surface area contributed by atoms with E-state index in [9.17, 15) is 14.7 Å². The zero-order chi connectivity index (χ0) is 56.9. The number of hydrogen-bond acceptors (Lipinski definition) is 5. The predicted molar refractivity (Wildman–Crippen MR) is 348 cm³/mol. The Morgan fingerprint density at radius 3 is 0.823 bits per heavy atom. The van der Waals surface area contributed by atoms with Crippen molar-refractivity contribution in [2.24, 2.45) is 0 Å². The second-order valence-electron chi connectivity index (χ2n) is 22.2. The molecule has 0 spiro atoms. The van der Waals surface area contributed by atoms with Crippen molar-refractivity contribution in [2.45, 2.75) is 322 Å². The molecule has 0 aliphatic carbocycles. The SMILES string of the molecule is CC/C=C\C/C=C\C/C=C\C/C=C\C/C=C\C/C=C\C/C=C\C/C=C\C/C=C\C/C=C\CCCCCCC(=O)OC(CO)COC(=O)CCCCCCCCCCCCCCCCCCCCCCCCCCCCCCCC. The smallest absolute Gasteiger partial charge is 0.306 e. The van der Waals surface area contributed by atoms with Crippen molar-refractivity contribution in [1.82, 2.24) is 0 Å². The van der Waals surface area contributed by atoms with Gasteiger partial charge in [-0.25, -0.2) is 0 Å². The third-order valence-corrected chi connectivity index (χ3v) is 14.5. The number of rotatable bonds is 61. The molecular formula is C74H126O5. The van der Waals surface area contributed by atoms with Crippen molar-refractivity contribution in [3.8, 4) is 0 Å². The summed E-state index contributed by atoms with van der Waals surface area (Å²) >= 11 is 0. The Morgan fingerprint density at radius 1 is 0.304 bits per heavy atom. The van der Waals surface area contributed by atoms with Crippen LogP contribution in [-0.2, 0) is 19.1 Å². The van der Waals surface area contributed by atoms with Crippen molar-refractivity contribution < 1.29 is 24.2 Å². The molecule has 5 heteroatoms. The van der Waals surface area contributed by atoms with Crippen LogP contribution in [0.3, 0.4) is 0 Å². The minimum atomic E-state index is -0.794. The summed E-state index contributed by atoms with van der Waals surface area (Å²) in [7, 11) is 0. The van der Waals surface area contributed by atoms with Crippen LogP contribution in [-0.4, -0.2) is 36.4 Å². The Morgan fingerprint density at radius 2 is 0.544 bits per heavy atom. The molecule has 0 aliphatic rings. The van der Waals surface area contributed by atoms with Crippen LogP contribution >= 0.6 is 0 Å². The Kier molecular flexibility index (Phi) is 65.4. The molecule has 0 heterocycles. The third kappa shape index (κ3) is 66.7. The lowest BCUT2D eigenvalue weighted by atomic mass is 10.0. The average molecular weight is 1100 g/mol. The van der Waals surface area contributed by atoms with E-state index in [1.165, 1.54) is 173 Å². The largest absolute Gasteiger partial charge is 0.462 e. The number of carbonyl (C=O) groups excluding carboxylic acids is 2. The number of carbonyl (C=O) groups is 2. The number of aliphatic hydroxyl groups excluding tert-OH is 1. The Hall–Kier alpha value is -3.70. The molecule has 79 heavy (non-hydrogen) atoms. The van der Waals surface area contributed by atoms with Gasteiger partial charge in [0.25, 0.3) is 0 Å². The number of allylic oxidation sites excluding steroid dienone is 20. The highest BCUT2D eigenvalue weighted by Crippen LogP contribution is 2.17. The molecule has 0 aromatic heterocycles. The normalized spacial score (nSPS) is 13.0. The van der Waals surface area contributed by atoms with Gasteiger partial charge in [0.1, 0.15) is 6.61 Å². The van der Waals surface area contributed by atoms with Gasteiger partial charge in [0.15, 0.2) is 6.10 Å². The van der Waals surface area contributed by atoms with E-state index in [-0.39, 0.29) is 25.2 Å². The summed E-state index contributed by atoms with van der Waals surface area (Å²) in [6, 6.07) is 0. The zero-order valence-electron chi connectivity index (χ0n) is 51.9. The van der Waals surface area contributed by atoms with Crippen LogP contribution in [0.4, 0.5) is 0 Å². The third-order valence-electron chi connectivity index (χ3n) is 14.5. The highest BCUT2D eigenvalue weighted by Gasteiger charge is 2.16. The molecule has 1 atom stereocenters. The summed E-state index contributed by atoms with van der Waals surface area (Å²) < 4.78 is 10.7. The number of ether oxygens (including phenoxy) is 2. The maximum Gasteiger partial charge on any atom is 0.306 e. The van der Waals surface area contributed by atoms with Gasteiger partial charge in [-0.15, -0.1) is 0 Å². The van der Waals surface area contributed by atoms with Gasteiger partial charge in [-0.2, -0.15) is 0 Å². The van der Waals surface area contributed by atoms with E-state index >= 15 is 0 Å². The standard InChI is InChI=1S/C74H126O5/c1-3-5-7-9-11-13-15-17-19-21-23-25-27-29-31-33-35-36-37-38-39-41-43-45-47-49-51-53-55-57-59-61-63-65-67-69-74(77)79-72(70-75)71-78-73(76)68-66-64-62-60-58-56-54-52-50-48-46-44-42-40-34-32-30-28-26-24-22-20-18-16-14-12-10-8-6-4-2/h5,7,11,13,17,19,23,25,29,31,35-36,38-39,43,45,49,51,55,57,72,75H,3-4,6,8-10,12,14-16,18,20-22,24,26-28,30,32-34,37,40-42,44,46-48,50,52-54,56,58-71H2,1-2H3/b7-5-,13-11-,19-17-,25-23-,31-29-,36-35-,39-38-,45-43-,51-49-,57-55-. The van der Waals surface area contributed by atoms with Crippen LogP contribution in [0, 0.1) is 0 Å². The van der Waals surface area contributed by atoms with Gasteiger partial charge in [-0.1, -0.05) is 334 Å². The molecule has 1 N–H and O–H groups in total. The Balaban J connectivity index is 3.56. The van der Waals surface area contributed by atoms with Gasteiger partial charge in [0, 0.05) is 12.8 Å². The van der Waals surface area contributed by atoms with Gasteiger partial charge < -0.3 is 14.6 Å². The fourth-order valence-corrected chi connectivity index (χ4v) is 9.53. The highest BCUT2D eigenvalue weighted by molar-refractivity contribution is 5.70. The van der Waals surface area contributed by atoms with E-state index in [0.29, 0.717) is 12.8 Å². The van der Waals surface area contributed by atoms with Gasteiger partial charge >= 0.3 is 11.9 Å². The fraction of sp³-hybridized carbons (Fsp3) is 0.703. The Labute approximate surface area is 490 Å². The molecule has 0 saturated heterocycles. The molecule has 0 saturated carbocycles. The first-order valence-electron chi connectivity index (χ1n) is 33.6. The van der Waals surface area contributed by atoms with Crippen LogP contribution in [0.1, 0.15) is 316 Å². The Bertz CT molecular complexity index is 1570. The van der Waals surface area contributed by atoms with E-state index in [1.54, 1.807) is 0 Å². The summed E-state index contributed by atoms with van der Waals surface area (Å²) in [4.78, 5) is 24.6. The van der Waals surface area contributed by atoms with E-state index < -0.39 is 6.10 Å². The van der Waals surface area contributed by atoms with E-state index in [4.69, 9.17) is 9.47 Å². The maximum absolute atomic E-state index is 12.3. The summed E-state index contributed by atoms with van der Waals surface area (Å²) in [5, 5.41) is 9.69. The molecule has 5 nitrogen and oxygen atoms in total. The monoisotopic (exact) mass is 1090 g/mol. The first kappa shape index (κ1) is 75.3. The van der Waals surface area contributed by atoms with E-state index in [1.807, 2.05) is 0 Å². The lowest BCUT2D eigenvalue weighted by Gasteiger charge is -2.15. The van der Waals surface area contributed by atoms with Crippen LogP contribution in [0.5, 0.6) is 0 Å². The summed E-state index contributed by atoms with van der Waals surface area (Å²) in [6.45, 7) is 4.04.